The van der Waals surface area contributed by atoms with Crippen LogP contribution in [0.15, 0.2) is 59.6 Å². The highest BCUT2D eigenvalue weighted by Crippen LogP contribution is 2.13. The monoisotopic (exact) mass is 465 g/mol. The summed E-state index contributed by atoms with van der Waals surface area (Å²) in [5.41, 5.74) is 2.12. The molecule has 0 aliphatic rings. The fourth-order valence-electron chi connectivity index (χ4n) is 2.59. The number of aryl methyl sites for hydroxylation is 1. The predicted octanol–water partition coefficient (Wildman–Crippen LogP) is 2.94. The number of fused-ring (bicyclic) bond motifs is 1. The summed E-state index contributed by atoms with van der Waals surface area (Å²) in [4.78, 5) is 8.88. The lowest BCUT2D eigenvalue weighted by Gasteiger charge is -2.12. The zero-order chi connectivity index (χ0) is 17.5. The molecule has 0 aliphatic carbocycles. The molecule has 0 radical (unpaired) electrons. The van der Waals surface area contributed by atoms with Gasteiger partial charge in [-0.1, -0.05) is 30.3 Å². The van der Waals surface area contributed by atoms with Crippen molar-refractivity contribution in [1.82, 2.24) is 20.2 Å². The summed E-state index contributed by atoms with van der Waals surface area (Å²) in [7, 11) is 3.78. The van der Waals surface area contributed by atoms with Gasteiger partial charge in [0, 0.05) is 14.1 Å². The average Bonchev–Trinajstić information content (AvgIpc) is 2.98. The van der Waals surface area contributed by atoms with Crippen molar-refractivity contribution in [3.05, 3.63) is 60.4 Å². The first-order chi connectivity index (χ1) is 12.3. The van der Waals surface area contributed by atoms with Crippen molar-refractivity contribution in [1.29, 1.82) is 0 Å². The number of aromatic nitrogens is 2. The molecule has 0 spiro atoms. The Morgan fingerprint density at radius 2 is 1.81 bits per heavy atom. The highest BCUT2D eigenvalue weighted by molar-refractivity contribution is 14.0. The second kappa shape index (κ2) is 10.0. The third-order valence-electron chi connectivity index (χ3n) is 3.92. The van der Waals surface area contributed by atoms with Crippen molar-refractivity contribution in [3.8, 4) is 5.75 Å². The van der Waals surface area contributed by atoms with E-state index in [-0.39, 0.29) is 24.0 Å². The number of rotatable bonds is 6. The number of aliphatic imine (C=N–C) groups is 1. The SMILES string of the molecule is CN=C(NCCOc1ccccc1)NCc1nc2ccccc2n1C.I. The normalized spacial score (nSPS) is 11.1. The van der Waals surface area contributed by atoms with Gasteiger partial charge in [0.25, 0.3) is 0 Å². The van der Waals surface area contributed by atoms with Crippen molar-refractivity contribution < 1.29 is 4.74 Å². The van der Waals surface area contributed by atoms with E-state index in [9.17, 15) is 0 Å². The third-order valence-corrected chi connectivity index (χ3v) is 3.92. The van der Waals surface area contributed by atoms with E-state index in [0.717, 1.165) is 28.6 Å². The van der Waals surface area contributed by atoms with E-state index < -0.39 is 0 Å². The van der Waals surface area contributed by atoms with Gasteiger partial charge in [0.05, 0.1) is 24.1 Å². The van der Waals surface area contributed by atoms with Crippen LogP contribution in [0.25, 0.3) is 11.0 Å². The van der Waals surface area contributed by atoms with Crippen molar-refractivity contribution in [3.63, 3.8) is 0 Å². The van der Waals surface area contributed by atoms with Gasteiger partial charge in [0.15, 0.2) is 5.96 Å². The summed E-state index contributed by atoms with van der Waals surface area (Å²) in [6.45, 7) is 1.83. The van der Waals surface area contributed by atoms with Crippen LogP contribution in [0.3, 0.4) is 0 Å². The molecule has 1 aromatic heterocycles. The van der Waals surface area contributed by atoms with Gasteiger partial charge in [-0.3, -0.25) is 4.99 Å². The first-order valence-electron chi connectivity index (χ1n) is 8.30. The van der Waals surface area contributed by atoms with Crippen LogP contribution < -0.4 is 15.4 Å². The number of ether oxygens (including phenoxy) is 1. The van der Waals surface area contributed by atoms with Crippen LogP contribution in [-0.2, 0) is 13.6 Å². The Kier molecular flexibility index (Phi) is 7.71. The zero-order valence-electron chi connectivity index (χ0n) is 15.0. The average molecular weight is 465 g/mol. The number of benzene rings is 2. The van der Waals surface area contributed by atoms with E-state index in [4.69, 9.17) is 4.74 Å². The second-order valence-corrected chi connectivity index (χ2v) is 5.59. The maximum Gasteiger partial charge on any atom is 0.191 e. The Labute approximate surface area is 170 Å². The molecule has 6 nitrogen and oxygen atoms in total. The minimum Gasteiger partial charge on any atom is -0.492 e. The first-order valence-corrected chi connectivity index (χ1v) is 8.30. The van der Waals surface area contributed by atoms with Crippen LogP contribution in [0.5, 0.6) is 5.75 Å². The molecule has 0 fully saturated rings. The fraction of sp³-hybridized carbons (Fsp3) is 0.263. The van der Waals surface area contributed by atoms with E-state index >= 15 is 0 Å². The topological polar surface area (TPSA) is 63.5 Å². The molecule has 0 saturated heterocycles. The molecule has 7 heteroatoms. The van der Waals surface area contributed by atoms with Crippen LogP contribution in [0.2, 0.25) is 0 Å². The molecule has 0 aliphatic heterocycles. The quantitative estimate of drug-likeness (QED) is 0.255. The summed E-state index contributed by atoms with van der Waals surface area (Å²) in [5.74, 6) is 2.56. The Morgan fingerprint density at radius 1 is 1.08 bits per heavy atom. The number of nitrogens with zero attached hydrogens (tertiary/aromatic N) is 3. The fourth-order valence-corrected chi connectivity index (χ4v) is 2.59. The highest BCUT2D eigenvalue weighted by atomic mass is 127. The number of guanidine groups is 1. The van der Waals surface area contributed by atoms with Gasteiger partial charge in [0.1, 0.15) is 18.2 Å². The molecule has 2 aromatic carbocycles. The molecule has 26 heavy (non-hydrogen) atoms. The maximum atomic E-state index is 5.66. The van der Waals surface area contributed by atoms with E-state index in [1.807, 2.05) is 55.6 Å². The summed E-state index contributed by atoms with van der Waals surface area (Å²) < 4.78 is 7.75. The van der Waals surface area contributed by atoms with Crippen LogP contribution >= 0.6 is 24.0 Å². The Hall–Kier alpha value is -2.29. The lowest BCUT2D eigenvalue weighted by atomic mass is 10.3. The molecule has 0 saturated carbocycles. The predicted molar refractivity (Wildman–Crippen MR) is 116 cm³/mol. The minimum atomic E-state index is 0. The Bertz CT molecular complexity index is 848. The van der Waals surface area contributed by atoms with Crippen molar-refractivity contribution in [2.75, 3.05) is 20.2 Å². The lowest BCUT2D eigenvalue weighted by Crippen LogP contribution is -2.39. The van der Waals surface area contributed by atoms with Crippen molar-refractivity contribution in [2.45, 2.75) is 6.54 Å². The van der Waals surface area contributed by atoms with Gasteiger partial charge in [-0.25, -0.2) is 4.98 Å². The third kappa shape index (κ3) is 5.10. The van der Waals surface area contributed by atoms with Crippen molar-refractivity contribution >= 4 is 41.0 Å². The Balaban J connectivity index is 0.00000243. The van der Waals surface area contributed by atoms with Gasteiger partial charge < -0.3 is 19.9 Å². The van der Waals surface area contributed by atoms with E-state index in [1.54, 1.807) is 7.05 Å². The zero-order valence-corrected chi connectivity index (χ0v) is 17.3. The van der Waals surface area contributed by atoms with Gasteiger partial charge in [-0.05, 0) is 24.3 Å². The standard InChI is InChI=1S/C19H23N5O.HI/c1-20-19(21-12-13-25-15-8-4-3-5-9-15)22-14-18-23-16-10-6-7-11-17(16)24(18)2;/h3-11H,12-14H2,1-2H3,(H2,20,21,22);1H. The maximum absolute atomic E-state index is 5.66. The number of para-hydroxylation sites is 3. The summed E-state index contributed by atoms with van der Waals surface area (Å²) in [6.07, 6.45) is 0. The molecule has 0 amide bonds. The molecule has 0 atom stereocenters. The van der Waals surface area contributed by atoms with Gasteiger partial charge in [-0.15, -0.1) is 24.0 Å². The molecule has 0 bridgehead atoms. The summed E-state index contributed by atoms with van der Waals surface area (Å²) in [6, 6.07) is 17.9. The van der Waals surface area contributed by atoms with E-state index in [0.29, 0.717) is 19.7 Å². The molecular formula is C19H24IN5O. The number of hydrogen-bond acceptors (Lipinski definition) is 3. The molecule has 3 aromatic rings. The molecule has 3 rings (SSSR count). The number of halogens is 1. The van der Waals surface area contributed by atoms with Crippen LogP contribution in [0.4, 0.5) is 0 Å². The molecule has 2 N–H and O–H groups in total. The molecule has 0 unspecified atom stereocenters. The van der Waals surface area contributed by atoms with Gasteiger partial charge in [0.2, 0.25) is 0 Å². The minimum absolute atomic E-state index is 0. The second-order valence-electron chi connectivity index (χ2n) is 5.59. The van der Waals surface area contributed by atoms with Crippen LogP contribution in [0.1, 0.15) is 5.82 Å². The van der Waals surface area contributed by atoms with E-state index in [2.05, 4.69) is 31.2 Å². The molecule has 138 valence electrons. The first kappa shape index (κ1) is 20.0. The number of imidazole rings is 1. The number of nitrogens with one attached hydrogen (secondary N) is 2. The van der Waals surface area contributed by atoms with Crippen LogP contribution in [-0.4, -0.2) is 35.7 Å². The van der Waals surface area contributed by atoms with Gasteiger partial charge >= 0.3 is 0 Å². The van der Waals surface area contributed by atoms with Crippen molar-refractivity contribution in [2.24, 2.45) is 12.0 Å². The molecule has 1 heterocycles. The largest absolute Gasteiger partial charge is 0.492 e. The Morgan fingerprint density at radius 3 is 2.54 bits per heavy atom. The summed E-state index contributed by atoms with van der Waals surface area (Å²) >= 11 is 0. The molecular weight excluding hydrogens is 441 g/mol. The van der Waals surface area contributed by atoms with Crippen LogP contribution in [0, 0.1) is 0 Å². The van der Waals surface area contributed by atoms with E-state index in [1.165, 1.54) is 0 Å². The van der Waals surface area contributed by atoms with Gasteiger partial charge in [-0.2, -0.15) is 0 Å². The highest BCUT2D eigenvalue weighted by Gasteiger charge is 2.07. The smallest absolute Gasteiger partial charge is 0.191 e. The summed E-state index contributed by atoms with van der Waals surface area (Å²) in [5, 5.41) is 6.53. The number of hydrogen-bond donors (Lipinski definition) is 2. The lowest BCUT2D eigenvalue weighted by molar-refractivity contribution is 0.322.